The van der Waals surface area contributed by atoms with Crippen molar-refractivity contribution in [3.63, 3.8) is 0 Å². The Kier molecular flexibility index (Phi) is 7.54. The summed E-state index contributed by atoms with van der Waals surface area (Å²) in [6.45, 7) is 11.0. The molecule has 1 rings (SSSR count). The zero-order valence-corrected chi connectivity index (χ0v) is 14.0. The van der Waals surface area contributed by atoms with Crippen LogP contribution in [-0.4, -0.2) is 38.0 Å². The highest BCUT2D eigenvalue weighted by molar-refractivity contribution is 5.54. The van der Waals surface area contributed by atoms with E-state index in [0.29, 0.717) is 18.4 Å². The molecule has 120 valence electrons. The largest absolute Gasteiger partial charge is 0.508 e. The van der Waals surface area contributed by atoms with Gasteiger partial charge in [-0.15, -0.1) is 0 Å². The maximum atomic E-state index is 10.3. The van der Waals surface area contributed by atoms with E-state index in [9.17, 15) is 5.11 Å². The third-order valence-corrected chi connectivity index (χ3v) is 3.67. The van der Waals surface area contributed by atoms with Crippen molar-refractivity contribution in [3.05, 3.63) is 23.8 Å². The molecule has 0 aromatic heterocycles. The fourth-order valence-electron chi connectivity index (χ4n) is 2.42. The molecule has 0 heterocycles. The van der Waals surface area contributed by atoms with Gasteiger partial charge in [-0.3, -0.25) is 0 Å². The van der Waals surface area contributed by atoms with Gasteiger partial charge in [-0.2, -0.15) is 0 Å². The highest BCUT2D eigenvalue weighted by atomic mass is 16.5. The van der Waals surface area contributed by atoms with Crippen LogP contribution in [-0.2, 0) is 4.74 Å². The van der Waals surface area contributed by atoms with E-state index >= 15 is 0 Å². The molecule has 0 saturated carbocycles. The Labute approximate surface area is 129 Å². The van der Waals surface area contributed by atoms with E-state index in [1.807, 2.05) is 12.1 Å². The number of phenolic OH excluding ortho intramolecular Hbond substituents is 1. The fourth-order valence-corrected chi connectivity index (χ4v) is 2.42. The molecule has 0 amide bonds. The molecule has 1 atom stereocenters. The Morgan fingerprint density at radius 2 is 2.00 bits per heavy atom. The summed E-state index contributed by atoms with van der Waals surface area (Å²) in [7, 11) is 1.71. The number of nitrogens with one attached hydrogen (secondary N) is 1. The number of aromatic hydroxyl groups is 1. The van der Waals surface area contributed by atoms with Crippen molar-refractivity contribution < 1.29 is 9.84 Å². The van der Waals surface area contributed by atoms with Crippen LogP contribution in [0, 0.1) is 0 Å². The van der Waals surface area contributed by atoms with Crippen LogP contribution in [0.15, 0.2) is 18.2 Å². The van der Waals surface area contributed by atoms with Crippen LogP contribution in [0.25, 0.3) is 0 Å². The first kappa shape index (κ1) is 17.8. The minimum Gasteiger partial charge on any atom is -0.508 e. The molecule has 2 N–H and O–H groups in total. The van der Waals surface area contributed by atoms with Crippen molar-refractivity contribution in [1.29, 1.82) is 0 Å². The zero-order chi connectivity index (χ0) is 15.8. The van der Waals surface area contributed by atoms with Crippen LogP contribution in [0.1, 0.15) is 45.7 Å². The standard InChI is InChI=1S/C17H30N2O2/c1-6-9-18-14(4)16-8-7-15(12-17(16)20)19(13(2)3)10-11-21-5/h7-8,12-14,18,20H,6,9-11H2,1-5H3. The molecule has 0 bridgehead atoms. The van der Waals surface area contributed by atoms with Gasteiger partial charge in [-0.1, -0.05) is 13.0 Å². The van der Waals surface area contributed by atoms with Gasteiger partial charge in [0, 0.05) is 43.1 Å². The number of anilines is 1. The second-order valence-electron chi connectivity index (χ2n) is 5.70. The van der Waals surface area contributed by atoms with Gasteiger partial charge in [-0.05, 0) is 39.8 Å². The number of nitrogens with zero attached hydrogens (tertiary/aromatic N) is 1. The molecule has 1 aromatic carbocycles. The number of phenols is 1. The van der Waals surface area contributed by atoms with Crippen molar-refractivity contribution in [2.24, 2.45) is 0 Å². The predicted octanol–water partition coefficient (Wildman–Crippen LogP) is 3.31. The monoisotopic (exact) mass is 294 g/mol. The predicted molar refractivity (Wildman–Crippen MR) is 89.2 cm³/mol. The quantitative estimate of drug-likeness (QED) is 0.733. The summed E-state index contributed by atoms with van der Waals surface area (Å²) < 4.78 is 5.17. The Morgan fingerprint density at radius 1 is 1.29 bits per heavy atom. The Bertz CT molecular complexity index is 421. The number of benzene rings is 1. The second-order valence-corrected chi connectivity index (χ2v) is 5.70. The summed E-state index contributed by atoms with van der Waals surface area (Å²) in [6.07, 6.45) is 1.08. The van der Waals surface area contributed by atoms with Gasteiger partial charge in [0.05, 0.1) is 6.61 Å². The average Bonchev–Trinajstić information content (AvgIpc) is 2.45. The topological polar surface area (TPSA) is 44.7 Å². The lowest BCUT2D eigenvalue weighted by Crippen LogP contribution is -2.33. The third-order valence-electron chi connectivity index (χ3n) is 3.67. The van der Waals surface area contributed by atoms with Gasteiger partial charge in [0.1, 0.15) is 5.75 Å². The first-order valence-electron chi connectivity index (χ1n) is 7.83. The molecule has 4 nitrogen and oxygen atoms in total. The van der Waals surface area contributed by atoms with Crippen molar-refractivity contribution >= 4 is 5.69 Å². The lowest BCUT2D eigenvalue weighted by molar-refractivity contribution is 0.204. The van der Waals surface area contributed by atoms with Crippen LogP contribution >= 0.6 is 0 Å². The molecule has 0 saturated heterocycles. The number of methoxy groups -OCH3 is 1. The van der Waals surface area contributed by atoms with Gasteiger partial charge < -0.3 is 20.1 Å². The molecular weight excluding hydrogens is 264 g/mol. The molecular formula is C17H30N2O2. The molecule has 1 aromatic rings. The molecule has 0 spiro atoms. The van der Waals surface area contributed by atoms with E-state index in [4.69, 9.17) is 4.74 Å². The first-order valence-corrected chi connectivity index (χ1v) is 7.83. The Balaban J connectivity index is 2.88. The van der Waals surface area contributed by atoms with Crippen molar-refractivity contribution in [2.45, 2.75) is 46.2 Å². The summed E-state index contributed by atoms with van der Waals surface area (Å²) in [4.78, 5) is 2.23. The molecule has 21 heavy (non-hydrogen) atoms. The van der Waals surface area contributed by atoms with Gasteiger partial charge in [-0.25, -0.2) is 0 Å². The molecule has 4 heteroatoms. The average molecular weight is 294 g/mol. The smallest absolute Gasteiger partial charge is 0.122 e. The number of ether oxygens (including phenoxy) is 1. The lowest BCUT2D eigenvalue weighted by atomic mass is 10.1. The lowest BCUT2D eigenvalue weighted by Gasteiger charge is -2.29. The Morgan fingerprint density at radius 3 is 2.52 bits per heavy atom. The van der Waals surface area contributed by atoms with E-state index in [-0.39, 0.29) is 6.04 Å². The second kappa shape index (κ2) is 8.90. The van der Waals surface area contributed by atoms with E-state index in [1.165, 1.54) is 0 Å². The van der Waals surface area contributed by atoms with Crippen molar-refractivity contribution in [1.82, 2.24) is 5.32 Å². The molecule has 0 fully saturated rings. The Hall–Kier alpha value is -1.26. The molecule has 0 aliphatic rings. The summed E-state index contributed by atoms with van der Waals surface area (Å²) in [5.41, 5.74) is 1.98. The van der Waals surface area contributed by atoms with Crippen LogP contribution in [0.5, 0.6) is 5.75 Å². The maximum Gasteiger partial charge on any atom is 0.122 e. The van der Waals surface area contributed by atoms with Crippen LogP contribution < -0.4 is 10.2 Å². The normalized spacial score (nSPS) is 12.7. The number of rotatable bonds is 9. The maximum absolute atomic E-state index is 10.3. The van der Waals surface area contributed by atoms with Crippen molar-refractivity contribution in [2.75, 3.05) is 31.7 Å². The molecule has 0 aliphatic heterocycles. The SMILES string of the molecule is CCCNC(C)c1ccc(N(CCOC)C(C)C)cc1O. The molecule has 0 radical (unpaired) electrons. The molecule has 1 unspecified atom stereocenters. The van der Waals surface area contributed by atoms with Gasteiger partial charge in [0.15, 0.2) is 0 Å². The van der Waals surface area contributed by atoms with Gasteiger partial charge in [0.2, 0.25) is 0 Å². The van der Waals surface area contributed by atoms with E-state index in [2.05, 4.69) is 44.0 Å². The van der Waals surface area contributed by atoms with Crippen LogP contribution in [0.4, 0.5) is 5.69 Å². The van der Waals surface area contributed by atoms with Crippen molar-refractivity contribution in [3.8, 4) is 5.75 Å². The van der Waals surface area contributed by atoms with E-state index in [0.717, 1.165) is 30.8 Å². The number of hydrogen-bond acceptors (Lipinski definition) is 4. The molecule has 0 aliphatic carbocycles. The summed E-state index contributed by atoms with van der Waals surface area (Å²) in [6, 6.07) is 6.47. The van der Waals surface area contributed by atoms with E-state index < -0.39 is 0 Å². The van der Waals surface area contributed by atoms with Gasteiger partial charge >= 0.3 is 0 Å². The first-order chi connectivity index (χ1) is 10.0. The van der Waals surface area contributed by atoms with Crippen LogP contribution in [0.3, 0.4) is 0 Å². The fraction of sp³-hybridized carbons (Fsp3) is 0.647. The highest BCUT2D eigenvalue weighted by Gasteiger charge is 2.15. The third kappa shape index (κ3) is 5.21. The summed E-state index contributed by atoms with van der Waals surface area (Å²) in [5.74, 6) is 0.353. The van der Waals surface area contributed by atoms with Gasteiger partial charge in [0.25, 0.3) is 0 Å². The minimum atomic E-state index is 0.158. The summed E-state index contributed by atoms with van der Waals surface area (Å²) >= 11 is 0. The highest BCUT2D eigenvalue weighted by Crippen LogP contribution is 2.29. The summed E-state index contributed by atoms with van der Waals surface area (Å²) in [5, 5.41) is 13.7. The van der Waals surface area contributed by atoms with E-state index in [1.54, 1.807) is 7.11 Å². The minimum absolute atomic E-state index is 0.158. The number of hydrogen-bond donors (Lipinski definition) is 2. The zero-order valence-electron chi connectivity index (χ0n) is 14.0. The van der Waals surface area contributed by atoms with Crippen LogP contribution in [0.2, 0.25) is 0 Å².